The molecule has 0 fully saturated rings. The number of nitrogens with zero attached hydrogens (tertiary/aromatic N) is 2. The van der Waals surface area contributed by atoms with Crippen molar-refractivity contribution < 1.29 is 0 Å². The summed E-state index contributed by atoms with van der Waals surface area (Å²) in [4.78, 5) is 11.5. The van der Waals surface area contributed by atoms with E-state index in [4.69, 9.17) is 0 Å². The Labute approximate surface area is 95.9 Å². The van der Waals surface area contributed by atoms with Crippen molar-refractivity contribution in [3.8, 4) is 0 Å². The van der Waals surface area contributed by atoms with Crippen molar-refractivity contribution in [3.63, 3.8) is 0 Å². The quantitative estimate of drug-likeness (QED) is 0.778. The van der Waals surface area contributed by atoms with Gasteiger partial charge in [-0.1, -0.05) is 13.3 Å². The molecule has 0 amide bonds. The summed E-state index contributed by atoms with van der Waals surface area (Å²) in [6.07, 6.45) is 2.21. The SMILES string of the molecule is CCCC(CS)Cn1nc(C)ccc1=O. The molecule has 1 heterocycles. The van der Waals surface area contributed by atoms with Gasteiger partial charge in [0.2, 0.25) is 0 Å². The number of aryl methyl sites for hydroxylation is 1. The van der Waals surface area contributed by atoms with Crippen LogP contribution in [0.4, 0.5) is 0 Å². The molecule has 0 radical (unpaired) electrons. The smallest absolute Gasteiger partial charge is 0.266 e. The van der Waals surface area contributed by atoms with Gasteiger partial charge in [-0.15, -0.1) is 0 Å². The van der Waals surface area contributed by atoms with Gasteiger partial charge in [-0.3, -0.25) is 4.79 Å². The van der Waals surface area contributed by atoms with E-state index in [1.165, 1.54) is 0 Å². The lowest BCUT2D eigenvalue weighted by Crippen LogP contribution is -2.26. The van der Waals surface area contributed by atoms with Crippen molar-refractivity contribution in [2.75, 3.05) is 5.75 Å². The molecule has 1 rings (SSSR count). The van der Waals surface area contributed by atoms with E-state index in [0.717, 1.165) is 24.3 Å². The molecule has 0 bridgehead atoms. The van der Waals surface area contributed by atoms with E-state index in [0.29, 0.717) is 12.5 Å². The molecule has 84 valence electrons. The normalized spacial score (nSPS) is 12.7. The Hall–Kier alpha value is -0.770. The average molecular weight is 226 g/mol. The first-order chi connectivity index (χ1) is 7.17. The number of hydrogen-bond donors (Lipinski definition) is 1. The largest absolute Gasteiger partial charge is 0.268 e. The van der Waals surface area contributed by atoms with Crippen LogP contribution < -0.4 is 5.56 Å². The molecule has 0 N–H and O–H groups in total. The molecule has 4 heteroatoms. The fourth-order valence-corrected chi connectivity index (χ4v) is 1.87. The minimum absolute atomic E-state index is 0.0245. The lowest BCUT2D eigenvalue weighted by molar-refractivity contribution is 0.412. The Balaban J connectivity index is 2.78. The summed E-state index contributed by atoms with van der Waals surface area (Å²) in [6, 6.07) is 3.32. The molecule has 1 atom stereocenters. The number of rotatable bonds is 5. The highest BCUT2D eigenvalue weighted by atomic mass is 32.1. The van der Waals surface area contributed by atoms with E-state index in [1.807, 2.05) is 6.92 Å². The average Bonchev–Trinajstić information content (AvgIpc) is 2.22. The van der Waals surface area contributed by atoms with Crippen LogP contribution in [0.2, 0.25) is 0 Å². The molecule has 0 aliphatic heterocycles. The number of aromatic nitrogens is 2. The highest BCUT2D eigenvalue weighted by Crippen LogP contribution is 2.09. The van der Waals surface area contributed by atoms with Crippen LogP contribution in [-0.4, -0.2) is 15.5 Å². The Morgan fingerprint density at radius 3 is 2.87 bits per heavy atom. The molecule has 0 aliphatic rings. The van der Waals surface area contributed by atoms with Crippen LogP contribution in [0.25, 0.3) is 0 Å². The minimum atomic E-state index is -0.0245. The highest BCUT2D eigenvalue weighted by Gasteiger charge is 2.08. The van der Waals surface area contributed by atoms with Crippen molar-refractivity contribution in [3.05, 3.63) is 28.2 Å². The molecule has 0 saturated heterocycles. The second kappa shape index (κ2) is 5.95. The molecule has 0 aliphatic carbocycles. The highest BCUT2D eigenvalue weighted by molar-refractivity contribution is 7.80. The van der Waals surface area contributed by atoms with Gasteiger partial charge in [-0.05, 0) is 31.1 Å². The lowest BCUT2D eigenvalue weighted by Gasteiger charge is -2.14. The second-order valence-corrected chi connectivity index (χ2v) is 4.20. The standard InChI is InChI=1S/C11H18N2OS/c1-3-4-10(8-15)7-13-11(14)6-5-9(2)12-13/h5-6,10,15H,3-4,7-8H2,1-2H3. The minimum Gasteiger partial charge on any atom is -0.268 e. The van der Waals surface area contributed by atoms with E-state index >= 15 is 0 Å². The maximum absolute atomic E-state index is 11.5. The zero-order chi connectivity index (χ0) is 11.3. The van der Waals surface area contributed by atoms with Gasteiger partial charge in [0.25, 0.3) is 5.56 Å². The Bertz CT molecular complexity index is 362. The van der Waals surface area contributed by atoms with Gasteiger partial charge >= 0.3 is 0 Å². The van der Waals surface area contributed by atoms with Gasteiger partial charge in [-0.2, -0.15) is 17.7 Å². The first-order valence-corrected chi connectivity index (χ1v) is 5.96. The first-order valence-electron chi connectivity index (χ1n) is 5.33. The zero-order valence-electron chi connectivity index (χ0n) is 9.31. The molecule has 0 saturated carbocycles. The Morgan fingerprint density at radius 2 is 2.27 bits per heavy atom. The maximum atomic E-state index is 11.5. The van der Waals surface area contributed by atoms with Crippen molar-refractivity contribution >= 4 is 12.6 Å². The number of thiol groups is 1. The first kappa shape index (κ1) is 12.3. The van der Waals surface area contributed by atoms with E-state index < -0.39 is 0 Å². The molecule has 0 aromatic carbocycles. The third-order valence-corrected chi connectivity index (χ3v) is 2.90. The van der Waals surface area contributed by atoms with Gasteiger partial charge in [0, 0.05) is 12.6 Å². The van der Waals surface area contributed by atoms with Gasteiger partial charge in [0.05, 0.1) is 5.69 Å². The maximum Gasteiger partial charge on any atom is 0.266 e. The third kappa shape index (κ3) is 3.70. The summed E-state index contributed by atoms with van der Waals surface area (Å²) in [5.74, 6) is 1.24. The molecule has 1 unspecified atom stereocenters. The molecular weight excluding hydrogens is 208 g/mol. The van der Waals surface area contributed by atoms with Gasteiger partial charge < -0.3 is 0 Å². The summed E-state index contributed by atoms with van der Waals surface area (Å²) in [5.41, 5.74) is 0.854. The predicted molar refractivity (Wildman–Crippen MR) is 65.5 cm³/mol. The third-order valence-electron chi connectivity index (χ3n) is 2.39. The van der Waals surface area contributed by atoms with E-state index in [2.05, 4.69) is 24.7 Å². The van der Waals surface area contributed by atoms with Crippen LogP contribution >= 0.6 is 12.6 Å². The summed E-state index contributed by atoms with van der Waals surface area (Å²) in [7, 11) is 0. The van der Waals surface area contributed by atoms with Crippen LogP contribution in [0.3, 0.4) is 0 Å². The fraction of sp³-hybridized carbons (Fsp3) is 0.636. The summed E-state index contributed by atoms with van der Waals surface area (Å²) < 4.78 is 1.55. The zero-order valence-corrected chi connectivity index (χ0v) is 10.2. The van der Waals surface area contributed by atoms with Crippen molar-refractivity contribution in [2.24, 2.45) is 5.92 Å². The van der Waals surface area contributed by atoms with Gasteiger partial charge in [0.15, 0.2) is 0 Å². The Kier molecular flexibility index (Phi) is 4.88. The summed E-state index contributed by atoms with van der Waals surface area (Å²) in [5, 5.41) is 4.21. The van der Waals surface area contributed by atoms with Crippen LogP contribution in [-0.2, 0) is 6.54 Å². The van der Waals surface area contributed by atoms with Crippen molar-refractivity contribution in [1.29, 1.82) is 0 Å². The fourth-order valence-electron chi connectivity index (χ4n) is 1.57. The molecule has 1 aromatic rings. The molecule has 1 aromatic heterocycles. The van der Waals surface area contributed by atoms with Crippen molar-refractivity contribution in [1.82, 2.24) is 9.78 Å². The summed E-state index contributed by atoms with van der Waals surface area (Å²) in [6.45, 7) is 4.71. The monoisotopic (exact) mass is 226 g/mol. The van der Waals surface area contributed by atoms with Crippen LogP contribution in [0.15, 0.2) is 16.9 Å². The topological polar surface area (TPSA) is 34.9 Å². The van der Waals surface area contributed by atoms with E-state index in [-0.39, 0.29) is 5.56 Å². The van der Waals surface area contributed by atoms with Crippen LogP contribution in [0.5, 0.6) is 0 Å². The van der Waals surface area contributed by atoms with Crippen LogP contribution in [0, 0.1) is 12.8 Å². The van der Waals surface area contributed by atoms with E-state index in [9.17, 15) is 4.79 Å². The van der Waals surface area contributed by atoms with Gasteiger partial charge in [-0.25, -0.2) is 4.68 Å². The Morgan fingerprint density at radius 1 is 1.53 bits per heavy atom. The van der Waals surface area contributed by atoms with Crippen LogP contribution in [0.1, 0.15) is 25.5 Å². The van der Waals surface area contributed by atoms with E-state index in [1.54, 1.807) is 16.8 Å². The van der Waals surface area contributed by atoms with Gasteiger partial charge in [0.1, 0.15) is 0 Å². The molecule has 3 nitrogen and oxygen atoms in total. The molecular formula is C11H18N2OS. The summed E-state index contributed by atoms with van der Waals surface area (Å²) >= 11 is 4.30. The lowest BCUT2D eigenvalue weighted by atomic mass is 10.1. The predicted octanol–water partition coefficient (Wildman–Crippen LogP) is 1.90. The number of hydrogen-bond acceptors (Lipinski definition) is 3. The molecule has 0 spiro atoms. The molecule has 15 heavy (non-hydrogen) atoms. The van der Waals surface area contributed by atoms with Crippen molar-refractivity contribution in [2.45, 2.75) is 33.2 Å². The second-order valence-electron chi connectivity index (χ2n) is 3.83.